The average Bonchev–Trinajstić information content (AvgIpc) is 3.55. The number of carbonyl (C=O) groups is 1. The summed E-state index contributed by atoms with van der Waals surface area (Å²) in [6.45, 7) is 3.93. The Morgan fingerprint density at radius 1 is 1.00 bits per heavy atom. The predicted molar refractivity (Wildman–Crippen MR) is 173 cm³/mol. The van der Waals surface area contributed by atoms with Crippen LogP contribution < -0.4 is 10.9 Å². The molecule has 2 heterocycles. The Morgan fingerprint density at radius 2 is 1.65 bits per heavy atom. The van der Waals surface area contributed by atoms with Crippen molar-refractivity contribution in [2.75, 3.05) is 11.1 Å². The smallest absolute Gasteiger partial charge is 0.295 e. The third-order valence-electron chi connectivity index (χ3n) is 7.12. The van der Waals surface area contributed by atoms with Gasteiger partial charge < -0.3 is 5.32 Å². The minimum absolute atomic E-state index is 0.119. The largest absolute Gasteiger partial charge is 0.315 e. The van der Waals surface area contributed by atoms with Gasteiger partial charge in [0.1, 0.15) is 17.3 Å². The third-order valence-corrected chi connectivity index (χ3v) is 8.21. The van der Waals surface area contributed by atoms with Gasteiger partial charge in [-0.05, 0) is 61.6 Å². The standard InChI is InChI=1S/C34H32N6O2S/c1-4-5-20-43-30-18-16-25(17-19-30)32-27(23-39(37-32)28-12-8-6-9-13-28)21-26(22-35)33(41)36-31-24(2)38(3)40(34(31)42)29-14-10-7-11-15-29/h6-19,21,23H,4-5,20H2,1-3H3,(H,36,41). The zero-order valence-corrected chi connectivity index (χ0v) is 25.1. The van der Waals surface area contributed by atoms with Crippen LogP contribution in [0.1, 0.15) is 31.0 Å². The highest BCUT2D eigenvalue weighted by Gasteiger charge is 2.21. The van der Waals surface area contributed by atoms with Crippen LogP contribution in [0.3, 0.4) is 0 Å². The molecule has 9 heteroatoms. The topological polar surface area (TPSA) is 97.6 Å². The molecule has 5 aromatic rings. The Hall–Kier alpha value is -5.07. The highest BCUT2D eigenvalue weighted by molar-refractivity contribution is 7.99. The van der Waals surface area contributed by atoms with Crippen molar-refractivity contribution in [2.45, 2.75) is 31.6 Å². The number of nitrogens with zero attached hydrogens (tertiary/aromatic N) is 5. The van der Waals surface area contributed by atoms with Crippen LogP contribution >= 0.6 is 11.8 Å². The third kappa shape index (κ3) is 6.40. The Morgan fingerprint density at radius 3 is 2.28 bits per heavy atom. The second-order valence-electron chi connectivity index (χ2n) is 10.0. The van der Waals surface area contributed by atoms with E-state index in [1.807, 2.05) is 90.6 Å². The van der Waals surface area contributed by atoms with E-state index < -0.39 is 5.91 Å². The first-order valence-electron chi connectivity index (χ1n) is 14.1. The molecule has 0 aliphatic rings. The minimum Gasteiger partial charge on any atom is -0.315 e. The molecule has 1 amide bonds. The Labute approximate surface area is 254 Å². The van der Waals surface area contributed by atoms with Gasteiger partial charge in [-0.2, -0.15) is 10.4 Å². The lowest BCUT2D eigenvalue weighted by Gasteiger charge is -2.07. The summed E-state index contributed by atoms with van der Waals surface area (Å²) in [6, 6.07) is 29.0. The molecule has 0 bridgehead atoms. The van der Waals surface area contributed by atoms with Gasteiger partial charge in [0.15, 0.2) is 0 Å². The second-order valence-corrected chi connectivity index (χ2v) is 11.2. The average molecular weight is 589 g/mol. The van der Waals surface area contributed by atoms with Crippen molar-refractivity contribution in [3.05, 3.63) is 118 Å². The summed E-state index contributed by atoms with van der Waals surface area (Å²) >= 11 is 1.82. The van der Waals surface area contributed by atoms with Crippen LogP contribution in [-0.2, 0) is 11.8 Å². The van der Waals surface area contributed by atoms with Crippen molar-refractivity contribution in [3.8, 4) is 28.7 Å². The van der Waals surface area contributed by atoms with E-state index in [1.54, 1.807) is 29.5 Å². The van der Waals surface area contributed by atoms with Gasteiger partial charge in [0, 0.05) is 29.3 Å². The minimum atomic E-state index is -0.672. The number of nitrogens with one attached hydrogen (secondary N) is 1. The van der Waals surface area contributed by atoms with Gasteiger partial charge in [-0.25, -0.2) is 9.36 Å². The fraction of sp³-hybridized carbons (Fsp3) is 0.176. The first-order valence-corrected chi connectivity index (χ1v) is 15.0. The number of nitriles is 1. The Kier molecular flexibility index (Phi) is 9.08. The SMILES string of the molecule is CCCCSc1ccc(-c2nn(-c3ccccc3)cc2C=C(C#N)C(=O)Nc2c(C)n(C)n(-c3ccccc3)c2=O)cc1. The van der Waals surface area contributed by atoms with E-state index in [9.17, 15) is 14.9 Å². The number of anilines is 1. The molecule has 8 nitrogen and oxygen atoms in total. The lowest BCUT2D eigenvalue weighted by atomic mass is 10.1. The van der Waals surface area contributed by atoms with Crippen molar-refractivity contribution in [3.63, 3.8) is 0 Å². The van der Waals surface area contributed by atoms with Gasteiger partial charge >= 0.3 is 0 Å². The number of thioether (sulfide) groups is 1. The van der Waals surface area contributed by atoms with Gasteiger partial charge in [0.25, 0.3) is 11.5 Å². The quantitative estimate of drug-likeness (QED) is 0.0840. The van der Waals surface area contributed by atoms with Crippen molar-refractivity contribution in [1.82, 2.24) is 19.1 Å². The molecule has 3 aromatic carbocycles. The molecule has 0 spiro atoms. The molecule has 0 saturated carbocycles. The number of amides is 1. The number of rotatable bonds is 10. The van der Waals surface area contributed by atoms with Crippen LogP contribution in [0, 0.1) is 18.3 Å². The van der Waals surface area contributed by atoms with Crippen LogP contribution in [0.5, 0.6) is 0 Å². The normalized spacial score (nSPS) is 11.3. The molecule has 0 fully saturated rings. The molecule has 0 aliphatic heterocycles. The van der Waals surface area contributed by atoms with E-state index in [4.69, 9.17) is 5.10 Å². The van der Waals surface area contributed by atoms with E-state index >= 15 is 0 Å². The summed E-state index contributed by atoms with van der Waals surface area (Å²) < 4.78 is 4.89. The lowest BCUT2D eigenvalue weighted by molar-refractivity contribution is -0.112. The van der Waals surface area contributed by atoms with Crippen molar-refractivity contribution in [2.24, 2.45) is 7.05 Å². The van der Waals surface area contributed by atoms with E-state index in [1.165, 1.54) is 15.7 Å². The summed E-state index contributed by atoms with van der Waals surface area (Å²) in [4.78, 5) is 27.9. The molecular formula is C34H32N6O2S. The molecule has 0 atom stereocenters. The van der Waals surface area contributed by atoms with Crippen molar-refractivity contribution < 1.29 is 4.79 Å². The molecule has 5 rings (SSSR count). The van der Waals surface area contributed by atoms with Crippen LogP contribution in [0.4, 0.5) is 5.69 Å². The first-order chi connectivity index (χ1) is 20.9. The maximum absolute atomic E-state index is 13.4. The molecule has 2 aromatic heterocycles. The molecule has 1 N–H and O–H groups in total. The Balaban J connectivity index is 1.50. The van der Waals surface area contributed by atoms with Crippen LogP contribution in [-0.4, -0.2) is 30.8 Å². The fourth-order valence-corrected chi connectivity index (χ4v) is 5.67. The maximum Gasteiger partial charge on any atom is 0.295 e. The molecular weight excluding hydrogens is 556 g/mol. The van der Waals surface area contributed by atoms with Crippen LogP contribution in [0.2, 0.25) is 0 Å². The molecule has 216 valence electrons. The molecule has 0 unspecified atom stereocenters. The fourth-order valence-electron chi connectivity index (χ4n) is 4.67. The van der Waals surface area contributed by atoms with Gasteiger partial charge in [-0.3, -0.25) is 14.3 Å². The number of aromatic nitrogens is 4. The maximum atomic E-state index is 13.4. The summed E-state index contributed by atoms with van der Waals surface area (Å²) in [5.74, 6) is 0.388. The first kappa shape index (κ1) is 29.4. The Bertz CT molecular complexity index is 1860. The number of unbranched alkanes of at least 4 members (excludes halogenated alkanes) is 1. The molecule has 0 radical (unpaired) electrons. The summed E-state index contributed by atoms with van der Waals surface area (Å²) in [7, 11) is 1.75. The summed E-state index contributed by atoms with van der Waals surface area (Å²) in [6.07, 6.45) is 5.63. The van der Waals surface area contributed by atoms with Crippen LogP contribution in [0.25, 0.3) is 28.7 Å². The molecule has 0 aliphatic carbocycles. The number of hydrogen-bond acceptors (Lipinski definition) is 5. The molecule has 0 saturated heterocycles. The summed E-state index contributed by atoms with van der Waals surface area (Å²) in [5, 5.41) is 17.6. The molecule has 43 heavy (non-hydrogen) atoms. The highest BCUT2D eigenvalue weighted by Crippen LogP contribution is 2.29. The second kappa shape index (κ2) is 13.3. The monoisotopic (exact) mass is 588 g/mol. The number of para-hydroxylation sites is 2. The predicted octanol–water partition coefficient (Wildman–Crippen LogP) is 6.78. The highest BCUT2D eigenvalue weighted by atomic mass is 32.2. The zero-order chi connectivity index (χ0) is 30.3. The summed E-state index contributed by atoms with van der Waals surface area (Å²) in [5.41, 5.74) is 3.78. The van der Waals surface area contributed by atoms with Gasteiger partial charge in [0.05, 0.1) is 22.8 Å². The zero-order valence-electron chi connectivity index (χ0n) is 24.3. The van der Waals surface area contributed by atoms with Crippen molar-refractivity contribution in [1.29, 1.82) is 5.26 Å². The van der Waals surface area contributed by atoms with E-state index in [-0.39, 0.29) is 16.8 Å². The van der Waals surface area contributed by atoms with Gasteiger partial charge in [-0.1, -0.05) is 61.9 Å². The van der Waals surface area contributed by atoms with Crippen molar-refractivity contribution >= 4 is 29.4 Å². The van der Waals surface area contributed by atoms with E-state index in [0.717, 1.165) is 29.8 Å². The van der Waals surface area contributed by atoms with Crippen LogP contribution in [0.15, 0.2) is 106 Å². The number of benzene rings is 3. The van der Waals surface area contributed by atoms with E-state index in [2.05, 4.69) is 24.4 Å². The number of hydrogen-bond donors (Lipinski definition) is 1. The van der Waals surface area contributed by atoms with Gasteiger partial charge in [-0.15, -0.1) is 11.8 Å². The van der Waals surface area contributed by atoms with E-state index in [0.29, 0.717) is 22.6 Å². The number of carbonyl (C=O) groups excluding carboxylic acids is 1. The lowest BCUT2D eigenvalue weighted by Crippen LogP contribution is -2.23. The van der Waals surface area contributed by atoms with Gasteiger partial charge in [0.2, 0.25) is 0 Å².